The van der Waals surface area contributed by atoms with Crippen LogP contribution in [0.1, 0.15) is 43.5 Å². The third-order valence-electron chi connectivity index (χ3n) is 5.42. The van der Waals surface area contributed by atoms with E-state index in [9.17, 15) is 9.59 Å². The molecule has 5 rings (SSSR count). The minimum absolute atomic E-state index is 0.0232. The van der Waals surface area contributed by atoms with Crippen molar-refractivity contribution in [3.05, 3.63) is 125 Å². The van der Waals surface area contributed by atoms with Gasteiger partial charge in [0.05, 0.1) is 25.5 Å². The van der Waals surface area contributed by atoms with Crippen molar-refractivity contribution in [2.75, 3.05) is 0 Å². The van der Waals surface area contributed by atoms with Gasteiger partial charge in [-0.3, -0.25) is 0 Å². The highest BCUT2D eigenvalue weighted by molar-refractivity contribution is 5.91. The fourth-order valence-corrected chi connectivity index (χ4v) is 3.59. The lowest BCUT2D eigenvalue weighted by atomic mass is 10.2. The number of carbonyl (C=O) groups is 2. The molecule has 0 amide bonds. The molecular formula is C27H23N7O4. The van der Waals surface area contributed by atoms with Crippen molar-refractivity contribution >= 4 is 11.9 Å². The maximum absolute atomic E-state index is 12.5. The monoisotopic (exact) mass is 509 g/mol. The lowest BCUT2D eigenvalue weighted by molar-refractivity contribution is 0.0451. The Morgan fingerprint density at radius 2 is 1.05 bits per heavy atom. The molecule has 0 N–H and O–H groups in total. The highest BCUT2D eigenvalue weighted by atomic mass is 16.5. The van der Waals surface area contributed by atoms with Gasteiger partial charge in [0.25, 0.3) is 0 Å². The molecule has 0 fully saturated rings. The molecule has 38 heavy (non-hydrogen) atoms. The quantitative estimate of drug-likeness (QED) is 0.261. The van der Waals surface area contributed by atoms with Gasteiger partial charge in [-0.25, -0.2) is 23.9 Å². The molecule has 2 aromatic carbocycles. The lowest BCUT2D eigenvalue weighted by Crippen LogP contribution is -2.13. The Morgan fingerprint density at radius 1 is 0.605 bits per heavy atom. The highest BCUT2D eigenvalue weighted by Gasteiger charge is 2.16. The van der Waals surface area contributed by atoms with E-state index < -0.39 is 11.9 Å². The maximum Gasteiger partial charge on any atom is 0.357 e. The van der Waals surface area contributed by atoms with Crippen LogP contribution >= 0.6 is 0 Å². The minimum atomic E-state index is -0.693. The zero-order valence-electron chi connectivity index (χ0n) is 20.3. The first-order valence-electron chi connectivity index (χ1n) is 11.8. The molecular weight excluding hydrogens is 486 g/mol. The van der Waals surface area contributed by atoms with Crippen LogP contribution in [0.25, 0.3) is 0 Å². The molecule has 11 heteroatoms. The summed E-state index contributed by atoms with van der Waals surface area (Å²) in [5.74, 6) is -1.39. The number of hydrogen-bond acceptors (Lipinski definition) is 9. The molecule has 0 bridgehead atoms. The first kappa shape index (κ1) is 24.5. The molecule has 3 aromatic heterocycles. The zero-order chi connectivity index (χ0) is 26.2. The average Bonchev–Trinajstić information content (AvgIpc) is 3.60. The summed E-state index contributed by atoms with van der Waals surface area (Å²) in [4.78, 5) is 29.1. The van der Waals surface area contributed by atoms with E-state index in [1.54, 1.807) is 21.8 Å². The molecule has 0 atom stereocenters. The molecule has 3 heterocycles. The second kappa shape index (κ2) is 11.7. The lowest BCUT2D eigenvalue weighted by Gasteiger charge is -2.05. The van der Waals surface area contributed by atoms with E-state index in [1.165, 1.54) is 18.2 Å². The standard InChI is InChI=1S/C27H23N7O4/c35-26(37-18-22-16-33(31-29-22)14-20-8-3-1-4-9-20)24-12-7-13-25(28-24)27(36)38-19-23-17-34(32-30-23)15-21-10-5-2-6-11-21/h1-13,16-17H,14-15,18-19H2. The predicted octanol–water partition coefficient (Wildman–Crippen LogP) is 3.08. The summed E-state index contributed by atoms with van der Waals surface area (Å²) in [6.45, 7) is 0.943. The topological polar surface area (TPSA) is 127 Å². The summed E-state index contributed by atoms with van der Waals surface area (Å²) < 4.78 is 13.9. The fourth-order valence-electron chi connectivity index (χ4n) is 3.59. The summed E-state index contributed by atoms with van der Waals surface area (Å²) in [6.07, 6.45) is 3.41. The van der Waals surface area contributed by atoms with E-state index in [0.717, 1.165) is 11.1 Å². The second-order valence-electron chi connectivity index (χ2n) is 8.35. The summed E-state index contributed by atoms with van der Waals surface area (Å²) in [6, 6.07) is 24.1. The van der Waals surface area contributed by atoms with Crippen molar-refractivity contribution in [2.24, 2.45) is 0 Å². The summed E-state index contributed by atoms with van der Waals surface area (Å²) in [5, 5.41) is 16.2. The Labute approximate surface area is 217 Å². The van der Waals surface area contributed by atoms with Gasteiger partial charge in [-0.1, -0.05) is 77.2 Å². The van der Waals surface area contributed by atoms with E-state index in [1.807, 2.05) is 60.7 Å². The second-order valence-corrected chi connectivity index (χ2v) is 8.35. The van der Waals surface area contributed by atoms with Gasteiger partial charge in [-0.15, -0.1) is 10.2 Å². The normalized spacial score (nSPS) is 10.7. The van der Waals surface area contributed by atoms with Crippen molar-refractivity contribution < 1.29 is 19.1 Å². The number of carbonyl (C=O) groups excluding carboxylic acids is 2. The number of rotatable bonds is 10. The van der Waals surface area contributed by atoms with Crippen LogP contribution in [0.15, 0.2) is 91.3 Å². The van der Waals surface area contributed by atoms with Crippen molar-refractivity contribution in [1.82, 2.24) is 35.0 Å². The first-order valence-corrected chi connectivity index (χ1v) is 11.8. The summed E-state index contributed by atoms with van der Waals surface area (Å²) in [5.41, 5.74) is 3.08. The van der Waals surface area contributed by atoms with Crippen molar-refractivity contribution in [3.63, 3.8) is 0 Å². The molecule has 190 valence electrons. The molecule has 0 radical (unpaired) electrons. The SMILES string of the molecule is O=C(OCc1cn(Cc2ccccc2)nn1)c1cccc(C(=O)OCc2cn(Cc3ccccc3)nn2)n1. The van der Waals surface area contributed by atoms with Gasteiger partial charge in [0.2, 0.25) is 0 Å². The number of ether oxygens (including phenoxy) is 2. The van der Waals surface area contributed by atoms with E-state index in [0.29, 0.717) is 24.5 Å². The Morgan fingerprint density at radius 3 is 1.50 bits per heavy atom. The number of pyridine rings is 1. The van der Waals surface area contributed by atoms with Gasteiger partial charge in [0, 0.05) is 0 Å². The number of hydrogen-bond donors (Lipinski definition) is 0. The van der Waals surface area contributed by atoms with Gasteiger partial charge in [0.1, 0.15) is 36.0 Å². The van der Waals surface area contributed by atoms with Crippen LogP contribution < -0.4 is 0 Å². The number of esters is 2. The molecule has 0 aliphatic rings. The molecule has 0 aliphatic heterocycles. The predicted molar refractivity (Wildman–Crippen MR) is 134 cm³/mol. The zero-order valence-corrected chi connectivity index (χ0v) is 20.3. The number of aromatic nitrogens is 7. The number of nitrogens with zero attached hydrogens (tertiary/aromatic N) is 7. The Hall–Kier alpha value is -5.19. The molecule has 0 unspecified atom stereocenters. The molecule has 0 spiro atoms. The average molecular weight is 510 g/mol. The molecule has 0 saturated heterocycles. The van der Waals surface area contributed by atoms with Gasteiger partial charge in [-0.05, 0) is 23.3 Å². The van der Waals surface area contributed by atoms with Crippen LogP contribution in [-0.2, 0) is 35.8 Å². The molecule has 0 saturated carbocycles. The van der Waals surface area contributed by atoms with E-state index in [2.05, 4.69) is 25.6 Å². The van der Waals surface area contributed by atoms with Crippen LogP contribution in [0.2, 0.25) is 0 Å². The maximum atomic E-state index is 12.5. The highest BCUT2D eigenvalue weighted by Crippen LogP contribution is 2.09. The Kier molecular flexibility index (Phi) is 7.54. The number of benzene rings is 2. The van der Waals surface area contributed by atoms with E-state index in [-0.39, 0.29) is 24.6 Å². The van der Waals surface area contributed by atoms with Gasteiger partial charge < -0.3 is 9.47 Å². The molecule has 0 aliphatic carbocycles. The van der Waals surface area contributed by atoms with Gasteiger partial charge in [-0.2, -0.15) is 0 Å². The van der Waals surface area contributed by atoms with E-state index >= 15 is 0 Å². The van der Waals surface area contributed by atoms with Crippen LogP contribution in [0.5, 0.6) is 0 Å². The van der Waals surface area contributed by atoms with Crippen LogP contribution in [0.4, 0.5) is 0 Å². The smallest absolute Gasteiger partial charge is 0.357 e. The minimum Gasteiger partial charge on any atom is -0.454 e. The summed E-state index contributed by atoms with van der Waals surface area (Å²) >= 11 is 0. The third kappa shape index (κ3) is 6.52. The Bertz CT molecular complexity index is 1410. The van der Waals surface area contributed by atoms with Crippen molar-refractivity contribution in [1.29, 1.82) is 0 Å². The molecule has 11 nitrogen and oxygen atoms in total. The third-order valence-corrected chi connectivity index (χ3v) is 5.42. The van der Waals surface area contributed by atoms with Crippen molar-refractivity contribution in [3.8, 4) is 0 Å². The van der Waals surface area contributed by atoms with Crippen LogP contribution in [0, 0.1) is 0 Å². The summed E-state index contributed by atoms with van der Waals surface area (Å²) in [7, 11) is 0. The van der Waals surface area contributed by atoms with Crippen LogP contribution in [0.3, 0.4) is 0 Å². The van der Waals surface area contributed by atoms with E-state index in [4.69, 9.17) is 9.47 Å². The largest absolute Gasteiger partial charge is 0.454 e. The molecule has 5 aromatic rings. The van der Waals surface area contributed by atoms with Crippen LogP contribution in [-0.4, -0.2) is 46.9 Å². The fraction of sp³-hybridized carbons (Fsp3) is 0.148. The Balaban J connectivity index is 1.12. The van der Waals surface area contributed by atoms with Gasteiger partial charge >= 0.3 is 11.9 Å². The van der Waals surface area contributed by atoms with Crippen molar-refractivity contribution in [2.45, 2.75) is 26.3 Å². The van der Waals surface area contributed by atoms with Gasteiger partial charge in [0.15, 0.2) is 0 Å². The first-order chi connectivity index (χ1) is 18.6.